The summed E-state index contributed by atoms with van der Waals surface area (Å²) in [5, 5.41) is 3.36. The van der Waals surface area contributed by atoms with E-state index in [1.807, 2.05) is 43.3 Å². The van der Waals surface area contributed by atoms with Crippen LogP contribution in [0.15, 0.2) is 59.3 Å². The number of amides is 1. The maximum Gasteiger partial charge on any atom is 0.293 e. The van der Waals surface area contributed by atoms with Crippen molar-refractivity contribution in [1.82, 2.24) is 4.98 Å². The second-order valence-electron chi connectivity index (χ2n) is 4.81. The lowest BCUT2D eigenvalue weighted by Crippen LogP contribution is -2.13. The average Bonchev–Trinajstić information content (AvgIpc) is 3.01. The van der Waals surface area contributed by atoms with Crippen molar-refractivity contribution >= 4 is 23.2 Å². The first-order valence-corrected chi connectivity index (χ1v) is 7.09. The summed E-state index contributed by atoms with van der Waals surface area (Å²) in [5.74, 6) is -0.188. The molecule has 0 bridgehead atoms. The van der Waals surface area contributed by atoms with Gasteiger partial charge in [-0.25, -0.2) is 4.98 Å². The summed E-state index contributed by atoms with van der Waals surface area (Å²) < 4.78 is 5.27. The Bertz CT molecular complexity index is 813. The Morgan fingerprint density at radius 1 is 1.18 bits per heavy atom. The molecule has 1 amide bonds. The fourth-order valence-corrected chi connectivity index (χ4v) is 2.29. The van der Waals surface area contributed by atoms with Crippen LogP contribution in [0.3, 0.4) is 0 Å². The predicted octanol–water partition coefficient (Wildman–Crippen LogP) is 4.56. The highest BCUT2D eigenvalue weighted by Crippen LogP contribution is 2.25. The van der Waals surface area contributed by atoms with Gasteiger partial charge in [0.15, 0.2) is 6.39 Å². The van der Waals surface area contributed by atoms with Crippen LogP contribution in [0.2, 0.25) is 5.02 Å². The van der Waals surface area contributed by atoms with Gasteiger partial charge in [0, 0.05) is 16.3 Å². The third kappa shape index (κ3) is 2.87. The number of halogens is 1. The van der Waals surface area contributed by atoms with Crippen LogP contribution in [-0.2, 0) is 0 Å². The number of carbonyl (C=O) groups is 1. The van der Waals surface area contributed by atoms with Crippen molar-refractivity contribution in [1.29, 1.82) is 0 Å². The zero-order valence-electron chi connectivity index (χ0n) is 11.8. The molecule has 0 atom stereocenters. The number of hydrogen-bond acceptors (Lipinski definition) is 3. The molecule has 1 N–H and O–H groups in total. The van der Waals surface area contributed by atoms with Crippen molar-refractivity contribution in [3.05, 3.63) is 71.3 Å². The highest BCUT2D eigenvalue weighted by molar-refractivity contribution is 6.31. The van der Waals surface area contributed by atoms with E-state index in [1.165, 1.54) is 6.39 Å². The van der Waals surface area contributed by atoms with E-state index in [2.05, 4.69) is 10.3 Å². The molecule has 0 unspecified atom stereocenters. The summed E-state index contributed by atoms with van der Waals surface area (Å²) in [6, 6.07) is 14.7. The van der Waals surface area contributed by atoms with Gasteiger partial charge in [-0.2, -0.15) is 0 Å². The molecule has 22 heavy (non-hydrogen) atoms. The smallest absolute Gasteiger partial charge is 0.293 e. The number of nitrogens with one attached hydrogen (secondary N) is 1. The zero-order chi connectivity index (χ0) is 15.5. The van der Waals surface area contributed by atoms with Crippen LogP contribution in [-0.4, -0.2) is 10.9 Å². The van der Waals surface area contributed by atoms with Crippen molar-refractivity contribution in [2.45, 2.75) is 6.92 Å². The first-order valence-electron chi connectivity index (χ1n) is 6.71. The lowest BCUT2D eigenvalue weighted by molar-refractivity contribution is 0.0997. The van der Waals surface area contributed by atoms with Crippen LogP contribution in [0.5, 0.6) is 0 Å². The number of nitrogens with zero attached hydrogens (tertiary/aromatic N) is 1. The number of anilines is 1. The molecular weight excluding hydrogens is 300 g/mol. The number of aromatic nitrogens is 1. The van der Waals surface area contributed by atoms with Gasteiger partial charge in [0.2, 0.25) is 5.76 Å². The minimum Gasteiger partial charge on any atom is -0.438 e. The normalized spacial score (nSPS) is 10.5. The van der Waals surface area contributed by atoms with E-state index in [4.69, 9.17) is 16.0 Å². The first kappa shape index (κ1) is 14.4. The minimum atomic E-state index is -0.360. The van der Waals surface area contributed by atoms with Crippen molar-refractivity contribution in [2.24, 2.45) is 0 Å². The number of hydrogen-bond donors (Lipinski definition) is 1. The van der Waals surface area contributed by atoms with E-state index in [1.54, 1.807) is 12.1 Å². The number of carbonyl (C=O) groups excluding carboxylic acids is 1. The van der Waals surface area contributed by atoms with Gasteiger partial charge in [0.1, 0.15) is 5.69 Å². The molecule has 0 fully saturated rings. The largest absolute Gasteiger partial charge is 0.438 e. The maximum atomic E-state index is 12.4. The van der Waals surface area contributed by atoms with Gasteiger partial charge in [-0.3, -0.25) is 4.79 Å². The van der Waals surface area contributed by atoms with Crippen LogP contribution in [0.25, 0.3) is 11.3 Å². The van der Waals surface area contributed by atoms with Gasteiger partial charge in [-0.15, -0.1) is 0 Å². The lowest BCUT2D eigenvalue weighted by Gasteiger charge is -2.08. The minimum absolute atomic E-state index is 0.172. The molecule has 5 heteroatoms. The van der Waals surface area contributed by atoms with E-state index < -0.39 is 0 Å². The Hall–Kier alpha value is -2.59. The van der Waals surface area contributed by atoms with Crippen LogP contribution in [0.4, 0.5) is 5.69 Å². The monoisotopic (exact) mass is 312 g/mol. The highest BCUT2D eigenvalue weighted by atomic mass is 35.5. The quantitative estimate of drug-likeness (QED) is 0.771. The molecule has 0 radical (unpaired) electrons. The third-order valence-electron chi connectivity index (χ3n) is 3.27. The van der Waals surface area contributed by atoms with Crippen LogP contribution >= 0.6 is 11.6 Å². The number of benzene rings is 2. The fourth-order valence-electron chi connectivity index (χ4n) is 2.12. The van der Waals surface area contributed by atoms with Crippen LogP contribution in [0, 0.1) is 6.92 Å². The summed E-state index contributed by atoms with van der Waals surface area (Å²) in [6.07, 6.45) is 1.27. The van der Waals surface area contributed by atoms with Gasteiger partial charge < -0.3 is 9.73 Å². The molecular formula is C17H13ClN2O2. The molecule has 3 aromatic rings. The molecule has 1 aromatic heterocycles. The zero-order valence-corrected chi connectivity index (χ0v) is 12.6. The van der Waals surface area contributed by atoms with E-state index in [0.717, 1.165) is 11.1 Å². The predicted molar refractivity (Wildman–Crippen MR) is 86.1 cm³/mol. The molecule has 3 rings (SSSR count). The summed E-state index contributed by atoms with van der Waals surface area (Å²) >= 11 is 5.97. The molecule has 0 aliphatic heterocycles. The SMILES string of the molecule is Cc1ccc(Cl)cc1NC(=O)c1ocnc1-c1ccccc1. The summed E-state index contributed by atoms with van der Waals surface area (Å²) in [7, 11) is 0. The molecule has 110 valence electrons. The van der Waals surface area contributed by atoms with E-state index in [9.17, 15) is 4.79 Å². The Morgan fingerprint density at radius 3 is 2.73 bits per heavy atom. The molecule has 4 nitrogen and oxygen atoms in total. The Balaban J connectivity index is 1.91. The van der Waals surface area contributed by atoms with E-state index in [-0.39, 0.29) is 11.7 Å². The topological polar surface area (TPSA) is 55.1 Å². The molecule has 0 aliphatic carbocycles. The standard InChI is InChI=1S/C17H13ClN2O2/c1-11-7-8-13(18)9-14(11)20-17(21)16-15(19-10-22-16)12-5-3-2-4-6-12/h2-10H,1H3,(H,20,21). The number of rotatable bonds is 3. The summed E-state index contributed by atoms with van der Waals surface area (Å²) in [6.45, 7) is 1.89. The van der Waals surface area contributed by atoms with Crippen molar-refractivity contribution in [2.75, 3.05) is 5.32 Å². The number of oxazole rings is 1. The third-order valence-corrected chi connectivity index (χ3v) is 3.50. The van der Waals surface area contributed by atoms with Crippen LogP contribution in [0.1, 0.15) is 16.1 Å². The van der Waals surface area contributed by atoms with E-state index in [0.29, 0.717) is 16.4 Å². The van der Waals surface area contributed by atoms with Gasteiger partial charge in [0.05, 0.1) is 0 Å². The average molecular weight is 313 g/mol. The molecule has 2 aromatic carbocycles. The van der Waals surface area contributed by atoms with Crippen molar-refractivity contribution < 1.29 is 9.21 Å². The highest BCUT2D eigenvalue weighted by Gasteiger charge is 2.19. The van der Waals surface area contributed by atoms with E-state index >= 15 is 0 Å². The molecule has 0 spiro atoms. The van der Waals surface area contributed by atoms with Gasteiger partial charge in [-0.05, 0) is 24.6 Å². The number of aryl methyl sites for hydroxylation is 1. The van der Waals surface area contributed by atoms with Gasteiger partial charge >= 0.3 is 0 Å². The Kier molecular flexibility index (Phi) is 3.94. The molecule has 0 saturated carbocycles. The second kappa shape index (κ2) is 6.03. The first-order chi connectivity index (χ1) is 10.6. The summed E-state index contributed by atoms with van der Waals surface area (Å²) in [5.41, 5.74) is 2.90. The van der Waals surface area contributed by atoms with Crippen molar-refractivity contribution in [3.8, 4) is 11.3 Å². The summed E-state index contributed by atoms with van der Waals surface area (Å²) in [4.78, 5) is 16.6. The Morgan fingerprint density at radius 2 is 1.95 bits per heavy atom. The molecule has 1 heterocycles. The Labute approximate surface area is 132 Å². The second-order valence-corrected chi connectivity index (χ2v) is 5.25. The molecule has 0 saturated heterocycles. The van der Waals surface area contributed by atoms with Crippen LogP contribution < -0.4 is 5.32 Å². The maximum absolute atomic E-state index is 12.4. The van der Waals surface area contributed by atoms with Crippen molar-refractivity contribution in [3.63, 3.8) is 0 Å². The van der Waals surface area contributed by atoms with Gasteiger partial charge in [0.25, 0.3) is 5.91 Å². The molecule has 0 aliphatic rings. The van der Waals surface area contributed by atoms with Gasteiger partial charge in [-0.1, -0.05) is 48.0 Å². The fraction of sp³-hybridized carbons (Fsp3) is 0.0588. The lowest BCUT2D eigenvalue weighted by atomic mass is 10.1.